The van der Waals surface area contributed by atoms with Crippen molar-refractivity contribution in [1.29, 1.82) is 0 Å². The van der Waals surface area contributed by atoms with Crippen LogP contribution in [0.4, 0.5) is 0 Å². The molecular formula is C9H18N2O2S. The van der Waals surface area contributed by atoms with E-state index in [9.17, 15) is 8.42 Å². The third-order valence-corrected chi connectivity index (χ3v) is 5.12. The number of hydrogen-bond donors (Lipinski definition) is 1. The second kappa shape index (κ2) is 3.47. The van der Waals surface area contributed by atoms with E-state index in [0.717, 1.165) is 25.9 Å². The fraction of sp³-hybridized carbons (Fsp3) is 1.00. The topological polar surface area (TPSA) is 63.4 Å². The van der Waals surface area contributed by atoms with Crippen molar-refractivity contribution in [2.45, 2.75) is 36.9 Å². The highest BCUT2D eigenvalue weighted by atomic mass is 32.2. The summed E-state index contributed by atoms with van der Waals surface area (Å²) in [7, 11) is -3.33. The Morgan fingerprint density at radius 2 is 1.71 bits per heavy atom. The highest BCUT2D eigenvalue weighted by Gasteiger charge is 2.53. The minimum atomic E-state index is -3.33. The van der Waals surface area contributed by atoms with Crippen molar-refractivity contribution in [2.75, 3.05) is 19.6 Å². The van der Waals surface area contributed by atoms with Crippen molar-refractivity contribution < 1.29 is 8.42 Å². The minimum absolute atomic E-state index is 0.579. The first-order valence-electron chi connectivity index (χ1n) is 5.28. The lowest BCUT2D eigenvalue weighted by atomic mass is 10.1. The summed E-state index contributed by atoms with van der Waals surface area (Å²) in [6.45, 7) is 2.74. The van der Waals surface area contributed by atoms with Crippen LogP contribution in [-0.4, -0.2) is 37.7 Å². The van der Waals surface area contributed by atoms with Crippen LogP contribution in [0.15, 0.2) is 0 Å². The van der Waals surface area contributed by atoms with Crippen LogP contribution in [0.1, 0.15) is 32.1 Å². The molecule has 0 bridgehead atoms. The predicted octanol–water partition coefficient (Wildman–Crippen LogP) is 0.293. The SMILES string of the molecule is NS(=O)(=O)C1(CN2CCCCC2)CC1. The summed E-state index contributed by atoms with van der Waals surface area (Å²) in [5.41, 5.74) is 0. The van der Waals surface area contributed by atoms with Gasteiger partial charge in [-0.3, -0.25) is 0 Å². The normalized spacial score (nSPS) is 27.5. The highest BCUT2D eigenvalue weighted by Crippen LogP contribution is 2.42. The van der Waals surface area contributed by atoms with Crippen molar-refractivity contribution in [3.63, 3.8) is 0 Å². The zero-order chi connectivity index (χ0) is 10.2. The Kier molecular flexibility index (Phi) is 2.57. The third-order valence-electron chi connectivity index (χ3n) is 3.37. The number of nitrogens with two attached hydrogens (primary N) is 1. The quantitative estimate of drug-likeness (QED) is 0.740. The van der Waals surface area contributed by atoms with Crippen molar-refractivity contribution in [3.8, 4) is 0 Å². The molecule has 0 aromatic heterocycles. The molecule has 0 spiro atoms. The summed E-state index contributed by atoms with van der Waals surface area (Å²) < 4.78 is 22.1. The standard InChI is InChI=1S/C9H18N2O2S/c10-14(12,13)9(4-5-9)8-11-6-2-1-3-7-11/h1-8H2,(H2,10,12,13). The predicted molar refractivity (Wildman–Crippen MR) is 55.4 cm³/mol. The number of sulfonamides is 1. The third kappa shape index (κ3) is 1.94. The first-order valence-corrected chi connectivity index (χ1v) is 6.83. The van der Waals surface area contributed by atoms with E-state index >= 15 is 0 Å². The fourth-order valence-electron chi connectivity index (χ4n) is 2.20. The van der Waals surface area contributed by atoms with E-state index in [1.807, 2.05) is 0 Å². The van der Waals surface area contributed by atoms with Gasteiger partial charge < -0.3 is 4.90 Å². The maximum atomic E-state index is 11.3. The van der Waals surface area contributed by atoms with Crippen LogP contribution in [0.5, 0.6) is 0 Å². The minimum Gasteiger partial charge on any atom is -0.302 e. The smallest absolute Gasteiger partial charge is 0.216 e. The van der Waals surface area contributed by atoms with Gasteiger partial charge in [0.05, 0.1) is 4.75 Å². The molecule has 2 aliphatic rings. The van der Waals surface area contributed by atoms with Crippen LogP contribution < -0.4 is 5.14 Å². The number of rotatable bonds is 3. The molecule has 14 heavy (non-hydrogen) atoms. The lowest BCUT2D eigenvalue weighted by Crippen LogP contribution is -2.43. The Morgan fingerprint density at radius 1 is 1.14 bits per heavy atom. The van der Waals surface area contributed by atoms with E-state index in [1.54, 1.807) is 0 Å². The van der Waals surface area contributed by atoms with Crippen molar-refractivity contribution in [1.82, 2.24) is 4.90 Å². The molecule has 0 amide bonds. The molecule has 0 aromatic carbocycles. The number of primary sulfonamides is 1. The van der Waals surface area contributed by atoms with Gasteiger partial charge in [0.25, 0.3) is 0 Å². The van der Waals surface area contributed by atoms with Gasteiger partial charge in [-0.1, -0.05) is 6.42 Å². The Morgan fingerprint density at radius 3 is 2.14 bits per heavy atom. The van der Waals surface area contributed by atoms with Gasteiger partial charge in [-0.05, 0) is 38.8 Å². The summed E-state index contributed by atoms with van der Waals surface area (Å²) in [4.78, 5) is 2.25. The zero-order valence-corrected chi connectivity index (χ0v) is 9.22. The van der Waals surface area contributed by atoms with E-state index in [-0.39, 0.29) is 0 Å². The fourth-order valence-corrected chi connectivity index (χ4v) is 3.23. The zero-order valence-electron chi connectivity index (χ0n) is 8.41. The van der Waals surface area contributed by atoms with Gasteiger partial charge in [0.15, 0.2) is 0 Å². The van der Waals surface area contributed by atoms with E-state index in [1.165, 1.54) is 19.3 Å². The summed E-state index contributed by atoms with van der Waals surface area (Å²) >= 11 is 0. The molecule has 1 saturated heterocycles. The molecule has 5 heteroatoms. The Hall–Kier alpha value is -0.130. The van der Waals surface area contributed by atoms with E-state index < -0.39 is 14.8 Å². The van der Waals surface area contributed by atoms with Crippen molar-refractivity contribution >= 4 is 10.0 Å². The summed E-state index contributed by atoms with van der Waals surface area (Å²) in [6, 6.07) is 0. The molecule has 1 aliphatic heterocycles. The molecule has 1 saturated carbocycles. The molecule has 0 radical (unpaired) electrons. The highest BCUT2D eigenvalue weighted by molar-refractivity contribution is 7.90. The number of nitrogens with zero attached hydrogens (tertiary/aromatic N) is 1. The molecule has 82 valence electrons. The number of piperidine rings is 1. The molecule has 0 unspecified atom stereocenters. The number of likely N-dealkylation sites (tertiary alicyclic amines) is 1. The van der Waals surface area contributed by atoms with Gasteiger partial charge >= 0.3 is 0 Å². The summed E-state index contributed by atoms with van der Waals surface area (Å²) in [5, 5.41) is 5.24. The molecule has 2 rings (SSSR count). The molecule has 2 N–H and O–H groups in total. The van der Waals surface area contributed by atoms with Gasteiger partial charge in [-0.15, -0.1) is 0 Å². The second-order valence-corrected chi connectivity index (χ2v) is 6.52. The van der Waals surface area contributed by atoms with Crippen LogP contribution in [0, 0.1) is 0 Å². The monoisotopic (exact) mass is 218 g/mol. The molecule has 0 atom stereocenters. The Bertz CT molecular complexity index is 303. The van der Waals surface area contributed by atoms with Gasteiger partial charge in [0, 0.05) is 6.54 Å². The van der Waals surface area contributed by atoms with Gasteiger partial charge in [-0.2, -0.15) is 0 Å². The van der Waals surface area contributed by atoms with Crippen LogP contribution in [-0.2, 0) is 10.0 Å². The lowest BCUT2D eigenvalue weighted by Gasteiger charge is -2.29. The van der Waals surface area contributed by atoms with Crippen molar-refractivity contribution in [2.24, 2.45) is 5.14 Å². The van der Waals surface area contributed by atoms with E-state index in [2.05, 4.69) is 4.90 Å². The average Bonchev–Trinajstić information content (AvgIpc) is 2.86. The van der Waals surface area contributed by atoms with Gasteiger partial charge in [-0.25, -0.2) is 13.6 Å². The largest absolute Gasteiger partial charge is 0.302 e. The van der Waals surface area contributed by atoms with E-state index in [0.29, 0.717) is 6.54 Å². The Balaban J connectivity index is 1.97. The lowest BCUT2D eigenvalue weighted by molar-refractivity contribution is 0.224. The maximum absolute atomic E-state index is 11.3. The Labute approximate surface area is 85.5 Å². The molecule has 1 heterocycles. The summed E-state index contributed by atoms with van der Waals surface area (Å²) in [6.07, 6.45) is 5.17. The van der Waals surface area contributed by atoms with Crippen LogP contribution >= 0.6 is 0 Å². The maximum Gasteiger partial charge on any atom is 0.216 e. The molecule has 4 nitrogen and oxygen atoms in total. The first-order chi connectivity index (χ1) is 6.54. The molecule has 1 aliphatic carbocycles. The summed E-state index contributed by atoms with van der Waals surface area (Å²) in [5.74, 6) is 0. The molecular weight excluding hydrogens is 200 g/mol. The average molecular weight is 218 g/mol. The van der Waals surface area contributed by atoms with Crippen LogP contribution in [0.2, 0.25) is 0 Å². The van der Waals surface area contributed by atoms with Crippen LogP contribution in [0.25, 0.3) is 0 Å². The van der Waals surface area contributed by atoms with Gasteiger partial charge in [0.2, 0.25) is 10.0 Å². The molecule has 0 aromatic rings. The van der Waals surface area contributed by atoms with E-state index in [4.69, 9.17) is 5.14 Å². The van der Waals surface area contributed by atoms with Crippen molar-refractivity contribution in [3.05, 3.63) is 0 Å². The number of hydrogen-bond acceptors (Lipinski definition) is 3. The van der Waals surface area contributed by atoms with Gasteiger partial charge in [0.1, 0.15) is 0 Å². The first kappa shape index (κ1) is 10.4. The second-order valence-electron chi connectivity index (χ2n) is 4.56. The molecule has 2 fully saturated rings. The van der Waals surface area contributed by atoms with Crippen LogP contribution in [0.3, 0.4) is 0 Å².